The molecular formula is C14H22N2O3S. The van der Waals surface area contributed by atoms with E-state index in [1.54, 1.807) is 11.8 Å². The van der Waals surface area contributed by atoms with Crippen molar-refractivity contribution < 1.29 is 14.1 Å². The highest BCUT2D eigenvalue weighted by Crippen LogP contribution is 2.44. The van der Waals surface area contributed by atoms with Crippen molar-refractivity contribution in [1.82, 2.24) is 10.1 Å². The van der Waals surface area contributed by atoms with E-state index in [2.05, 4.69) is 30.9 Å². The quantitative estimate of drug-likeness (QED) is 0.778. The number of ether oxygens (including phenoxy) is 1. The summed E-state index contributed by atoms with van der Waals surface area (Å²) in [6.07, 6.45) is 2.47. The molecule has 0 amide bonds. The maximum Gasteiger partial charge on any atom is 0.321 e. The van der Waals surface area contributed by atoms with E-state index in [9.17, 15) is 4.79 Å². The Kier molecular flexibility index (Phi) is 4.42. The zero-order valence-electron chi connectivity index (χ0n) is 12.6. The van der Waals surface area contributed by atoms with Crippen LogP contribution in [0.25, 0.3) is 0 Å². The fraction of sp³-hybridized carbons (Fsp3) is 0.786. The number of aromatic nitrogens is 2. The van der Waals surface area contributed by atoms with E-state index >= 15 is 0 Å². The Balaban J connectivity index is 2.09. The average molecular weight is 298 g/mol. The van der Waals surface area contributed by atoms with Crippen LogP contribution < -0.4 is 0 Å². The Morgan fingerprint density at radius 2 is 2.15 bits per heavy atom. The van der Waals surface area contributed by atoms with E-state index < -0.39 is 5.41 Å². The maximum absolute atomic E-state index is 12.1. The lowest BCUT2D eigenvalue weighted by molar-refractivity contribution is -0.155. The second-order valence-corrected chi connectivity index (χ2v) is 7.88. The molecule has 1 aliphatic carbocycles. The minimum absolute atomic E-state index is 0.149. The maximum atomic E-state index is 12.1. The van der Waals surface area contributed by atoms with Gasteiger partial charge in [0.2, 0.25) is 5.89 Å². The fourth-order valence-corrected chi connectivity index (χ4v) is 2.77. The molecule has 1 aliphatic rings. The second-order valence-electron chi connectivity index (χ2n) is 6.07. The molecule has 0 atom stereocenters. The molecule has 1 aromatic heterocycles. The van der Waals surface area contributed by atoms with Crippen LogP contribution in [0.1, 0.15) is 58.7 Å². The van der Waals surface area contributed by atoms with Gasteiger partial charge >= 0.3 is 5.97 Å². The first kappa shape index (κ1) is 15.4. The minimum Gasteiger partial charge on any atom is -0.465 e. The third-order valence-electron chi connectivity index (χ3n) is 3.39. The van der Waals surface area contributed by atoms with Crippen LogP contribution in [-0.2, 0) is 20.7 Å². The molecule has 0 aliphatic heterocycles. The van der Waals surface area contributed by atoms with Crippen LogP contribution in [0, 0.1) is 0 Å². The highest BCUT2D eigenvalue weighted by atomic mass is 32.2. The molecule has 2 rings (SSSR count). The predicted octanol–water partition coefficient (Wildman–Crippen LogP) is 3.09. The molecule has 1 heterocycles. The molecule has 0 radical (unpaired) electrons. The monoisotopic (exact) mass is 298 g/mol. The Bertz CT molecular complexity index is 475. The van der Waals surface area contributed by atoms with E-state index in [1.165, 1.54) is 0 Å². The predicted molar refractivity (Wildman–Crippen MR) is 77.5 cm³/mol. The summed E-state index contributed by atoms with van der Waals surface area (Å²) in [6.45, 7) is 8.62. The summed E-state index contributed by atoms with van der Waals surface area (Å²) in [4.78, 5) is 16.5. The Morgan fingerprint density at radius 1 is 1.45 bits per heavy atom. The highest BCUT2D eigenvalue weighted by molar-refractivity contribution is 7.99. The first-order valence-electron chi connectivity index (χ1n) is 7.02. The van der Waals surface area contributed by atoms with Crippen LogP contribution in [0.4, 0.5) is 0 Å². The van der Waals surface area contributed by atoms with Gasteiger partial charge in [-0.2, -0.15) is 4.98 Å². The van der Waals surface area contributed by atoms with E-state index in [0.717, 1.165) is 19.3 Å². The first-order chi connectivity index (χ1) is 9.37. The van der Waals surface area contributed by atoms with Gasteiger partial charge in [-0.05, 0) is 19.8 Å². The largest absolute Gasteiger partial charge is 0.465 e. The van der Waals surface area contributed by atoms with Gasteiger partial charge in [0.1, 0.15) is 5.41 Å². The van der Waals surface area contributed by atoms with Crippen molar-refractivity contribution in [1.29, 1.82) is 0 Å². The molecule has 0 aromatic carbocycles. The van der Waals surface area contributed by atoms with E-state index in [0.29, 0.717) is 24.1 Å². The number of carbonyl (C=O) groups excluding carboxylic acids is 1. The Morgan fingerprint density at radius 3 is 2.65 bits per heavy atom. The smallest absolute Gasteiger partial charge is 0.321 e. The highest BCUT2D eigenvalue weighted by Gasteiger charge is 2.51. The minimum atomic E-state index is -0.687. The zero-order valence-corrected chi connectivity index (χ0v) is 13.4. The van der Waals surface area contributed by atoms with Crippen LogP contribution >= 0.6 is 11.8 Å². The molecule has 1 saturated carbocycles. The lowest BCUT2D eigenvalue weighted by Gasteiger charge is -2.35. The van der Waals surface area contributed by atoms with Gasteiger partial charge in [-0.25, -0.2) is 0 Å². The van der Waals surface area contributed by atoms with E-state index in [-0.39, 0.29) is 10.7 Å². The first-order valence-corrected chi connectivity index (χ1v) is 8.00. The van der Waals surface area contributed by atoms with Crippen LogP contribution in [-0.4, -0.2) is 27.5 Å². The summed E-state index contributed by atoms with van der Waals surface area (Å²) < 4.78 is 10.6. The SMILES string of the molecule is CCOC(=O)C1(c2nc(CSC(C)(C)C)no2)CCC1. The van der Waals surface area contributed by atoms with Crippen molar-refractivity contribution in [3.8, 4) is 0 Å². The lowest BCUT2D eigenvalue weighted by atomic mass is 9.68. The Labute approximate surface area is 123 Å². The number of nitrogens with zero attached hydrogens (tertiary/aromatic N) is 2. The number of hydrogen-bond acceptors (Lipinski definition) is 6. The third kappa shape index (κ3) is 3.16. The van der Waals surface area contributed by atoms with Gasteiger partial charge in [-0.3, -0.25) is 4.79 Å². The number of hydrogen-bond donors (Lipinski definition) is 0. The standard InChI is InChI=1S/C14H22N2O3S/c1-5-18-12(17)14(7-6-8-14)11-15-10(16-19-11)9-20-13(2,3)4/h5-9H2,1-4H3. The van der Waals surface area contributed by atoms with Gasteiger partial charge in [0.25, 0.3) is 0 Å². The van der Waals surface area contributed by atoms with Crippen LogP contribution in [0.5, 0.6) is 0 Å². The van der Waals surface area contributed by atoms with E-state index in [1.807, 2.05) is 6.92 Å². The van der Waals surface area contributed by atoms with Gasteiger partial charge in [0, 0.05) is 4.75 Å². The number of thioether (sulfide) groups is 1. The van der Waals surface area contributed by atoms with Crippen LogP contribution in [0.15, 0.2) is 4.52 Å². The summed E-state index contributed by atoms with van der Waals surface area (Å²) in [5.41, 5.74) is -0.687. The van der Waals surface area contributed by atoms with Gasteiger partial charge in [0.15, 0.2) is 5.82 Å². The average Bonchev–Trinajstić information content (AvgIpc) is 2.73. The normalized spacial score (nSPS) is 17.6. The summed E-state index contributed by atoms with van der Waals surface area (Å²) in [6, 6.07) is 0. The Hall–Kier alpha value is -1.04. The van der Waals surface area contributed by atoms with Crippen LogP contribution in [0.2, 0.25) is 0 Å². The summed E-state index contributed by atoms with van der Waals surface area (Å²) in [5, 5.41) is 4.00. The molecular weight excluding hydrogens is 276 g/mol. The lowest BCUT2D eigenvalue weighted by Crippen LogP contribution is -2.44. The van der Waals surface area contributed by atoms with Crippen molar-refractivity contribution in [2.75, 3.05) is 6.61 Å². The second kappa shape index (κ2) is 5.76. The van der Waals surface area contributed by atoms with Crippen molar-refractivity contribution in [2.45, 2.75) is 62.9 Å². The van der Waals surface area contributed by atoms with Crippen molar-refractivity contribution >= 4 is 17.7 Å². The summed E-state index contributed by atoms with van der Waals surface area (Å²) in [5.74, 6) is 1.53. The molecule has 0 spiro atoms. The van der Waals surface area contributed by atoms with Gasteiger partial charge in [-0.1, -0.05) is 32.3 Å². The molecule has 0 unspecified atom stereocenters. The topological polar surface area (TPSA) is 65.2 Å². The molecule has 0 saturated heterocycles. The molecule has 0 bridgehead atoms. The van der Waals surface area contributed by atoms with Crippen LogP contribution in [0.3, 0.4) is 0 Å². The summed E-state index contributed by atoms with van der Waals surface area (Å²) in [7, 11) is 0. The molecule has 1 aromatic rings. The number of esters is 1. The molecule has 112 valence electrons. The van der Waals surface area contributed by atoms with Gasteiger partial charge in [-0.15, -0.1) is 11.8 Å². The number of rotatable bonds is 5. The van der Waals surface area contributed by atoms with Gasteiger partial charge < -0.3 is 9.26 Å². The molecule has 6 heteroatoms. The molecule has 5 nitrogen and oxygen atoms in total. The van der Waals surface area contributed by atoms with E-state index in [4.69, 9.17) is 9.26 Å². The summed E-state index contributed by atoms with van der Waals surface area (Å²) >= 11 is 1.75. The fourth-order valence-electron chi connectivity index (χ4n) is 2.09. The molecule has 1 fully saturated rings. The molecule has 0 N–H and O–H groups in total. The van der Waals surface area contributed by atoms with Crippen molar-refractivity contribution in [3.05, 3.63) is 11.7 Å². The molecule has 20 heavy (non-hydrogen) atoms. The van der Waals surface area contributed by atoms with Gasteiger partial charge in [0.05, 0.1) is 12.4 Å². The van der Waals surface area contributed by atoms with Crippen molar-refractivity contribution in [2.24, 2.45) is 0 Å². The zero-order chi connectivity index (χ0) is 14.8. The third-order valence-corrected chi connectivity index (χ3v) is 4.65. The van der Waals surface area contributed by atoms with Crippen molar-refractivity contribution in [3.63, 3.8) is 0 Å². The number of carbonyl (C=O) groups is 1.